The van der Waals surface area contributed by atoms with E-state index >= 15 is 0 Å². The van der Waals surface area contributed by atoms with Gasteiger partial charge < -0.3 is 18.6 Å². The third kappa shape index (κ3) is 7.10. The Kier molecular flexibility index (Phi) is 10.6. The van der Waals surface area contributed by atoms with Crippen molar-refractivity contribution in [1.29, 1.82) is 0 Å². The van der Waals surface area contributed by atoms with E-state index in [2.05, 4.69) is 247 Å². The van der Waals surface area contributed by atoms with Crippen molar-refractivity contribution in [1.82, 2.24) is 0 Å². The molecule has 12 aromatic carbocycles. The minimum Gasteiger partial charge on any atom is -0.454 e. The maximum Gasteiger partial charge on any atom is 0.159 e. The molecule has 0 amide bonds. The summed E-state index contributed by atoms with van der Waals surface area (Å²) in [5, 5.41) is 16.9. The molecule has 0 N–H and O–H groups in total. The number of hydrogen-bond acceptors (Lipinski definition) is 4. The van der Waals surface area contributed by atoms with Crippen molar-refractivity contribution in [3.8, 4) is 0 Å². The molecule has 0 aliphatic rings. The number of nitrogens with zero attached hydrogens (tertiary/aromatic N) is 2. The van der Waals surface area contributed by atoms with E-state index in [1.807, 2.05) is 0 Å². The van der Waals surface area contributed by atoms with Gasteiger partial charge in [0.15, 0.2) is 11.2 Å². The standard InChI is InChI=1S/C72H60N2O2/c1-41(2)35-49-39-63(73(69-45(7)25-29-47-27-23-43(5)37-59(47)69)61-19-13-17-55-53-15-9-11-21-65(53)75-71(55)61)57-34-32-52-50(36-42(3)4)40-64(58-33-31-51(49)67(57)68(52)58)74(70-46(8)26-30-48-28-24-44(6)38-60(48)70)62-20-14-18-56-54-16-10-12-22-66(54)76-72(56)62/h9-34,37-42H,35-36H2,1-8H3. The van der Waals surface area contributed by atoms with Gasteiger partial charge in [-0.1, -0.05) is 172 Å². The Balaban J connectivity index is 1.16. The van der Waals surface area contributed by atoms with Gasteiger partial charge in [-0.05, 0) is 155 Å². The van der Waals surface area contributed by atoms with Crippen LogP contribution in [-0.2, 0) is 12.8 Å². The van der Waals surface area contributed by atoms with Crippen molar-refractivity contribution in [3.05, 3.63) is 215 Å². The predicted octanol–water partition coefficient (Wildman–Crippen LogP) is 21.3. The highest BCUT2D eigenvalue weighted by atomic mass is 16.3. The average Bonchev–Trinajstić information content (AvgIpc) is 4.01. The molecule has 0 radical (unpaired) electrons. The van der Waals surface area contributed by atoms with Gasteiger partial charge in [0.05, 0.1) is 34.1 Å². The molecule has 14 aromatic rings. The summed E-state index contributed by atoms with van der Waals surface area (Å²) in [7, 11) is 0. The van der Waals surface area contributed by atoms with Gasteiger partial charge in [-0.2, -0.15) is 0 Å². The fraction of sp³-hybridized carbons (Fsp3) is 0.167. The molecule has 370 valence electrons. The first-order chi connectivity index (χ1) is 37.0. The summed E-state index contributed by atoms with van der Waals surface area (Å²) in [4.78, 5) is 5.12. The Bertz CT molecular complexity index is 4360. The Hall–Kier alpha value is -8.60. The van der Waals surface area contributed by atoms with Crippen molar-refractivity contribution in [2.75, 3.05) is 9.80 Å². The number of anilines is 6. The molecule has 76 heavy (non-hydrogen) atoms. The summed E-state index contributed by atoms with van der Waals surface area (Å²) in [6.07, 6.45) is 1.83. The summed E-state index contributed by atoms with van der Waals surface area (Å²) in [5.74, 6) is 0.815. The van der Waals surface area contributed by atoms with Crippen molar-refractivity contribution in [3.63, 3.8) is 0 Å². The van der Waals surface area contributed by atoms with Crippen LogP contribution in [0.4, 0.5) is 34.1 Å². The van der Waals surface area contributed by atoms with Gasteiger partial charge in [-0.3, -0.25) is 0 Å². The van der Waals surface area contributed by atoms with E-state index in [9.17, 15) is 0 Å². The van der Waals surface area contributed by atoms with E-state index in [4.69, 9.17) is 8.83 Å². The van der Waals surface area contributed by atoms with Crippen molar-refractivity contribution >= 4 is 132 Å². The lowest BCUT2D eigenvalue weighted by atomic mass is 9.84. The van der Waals surface area contributed by atoms with E-state index in [1.165, 1.54) is 87.2 Å². The first-order valence-corrected chi connectivity index (χ1v) is 27.2. The summed E-state index contributed by atoms with van der Waals surface area (Å²) in [6, 6.07) is 68.0. The molecule has 14 rings (SSSR count). The van der Waals surface area contributed by atoms with Gasteiger partial charge in [-0.25, -0.2) is 0 Å². The SMILES string of the molecule is Cc1ccc2ccc(C)c(N(c3cc(CC(C)C)c4ccc5c(N(c6c(C)ccc7ccc(C)cc67)c6cccc7c6oc6ccccc67)cc(CC(C)C)c6ccc3c4c65)c3cccc4c3oc3ccccc34)c2c1. The molecule has 0 unspecified atom stereocenters. The number of rotatable bonds is 10. The molecule has 0 fully saturated rings. The lowest BCUT2D eigenvalue weighted by Crippen LogP contribution is -2.15. The Labute approximate surface area is 443 Å². The second kappa shape index (κ2) is 17.5. The van der Waals surface area contributed by atoms with Crippen LogP contribution in [-0.4, -0.2) is 0 Å². The highest BCUT2D eigenvalue weighted by Crippen LogP contribution is 2.54. The maximum atomic E-state index is 7.02. The Morgan fingerprint density at radius 1 is 0.342 bits per heavy atom. The van der Waals surface area contributed by atoms with Crippen molar-refractivity contribution in [2.24, 2.45) is 11.8 Å². The molecule has 4 nitrogen and oxygen atoms in total. The minimum absolute atomic E-state index is 0.408. The largest absolute Gasteiger partial charge is 0.454 e. The van der Waals surface area contributed by atoms with E-state index in [1.54, 1.807) is 0 Å². The van der Waals surface area contributed by atoms with Crippen LogP contribution < -0.4 is 9.80 Å². The molecule has 4 heteroatoms. The fourth-order valence-corrected chi connectivity index (χ4v) is 12.9. The number of fused-ring (bicyclic) bond motifs is 8. The highest BCUT2D eigenvalue weighted by molar-refractivity contribution is 6.30. The van der Waals surface area contributed by atoms with Crippen LogP contribution in [0, 0.1) is 39.5 Å². The average molecular weight is 985 g/mol. The third-order valence-corrected chi connectivity index (χ3v) is 16.2. The molecular weight excluding hydrogens is 925 g/mol. The molecular formula is C72H60N2O2. The molecule has 0 atom stereocenters. The summed E-state index contributed by atoms with van der Waals surface area (Å²) in [6.45, 7) is 18.4. The highest BCUT2D eigenvalue weighted by Gasteiger charge is 2.30. The molecule has 0 spiro atoms. The minimum atomic E-state index is 0.408. The summed E-state index contributed by atoms with van der Waals surface area (Å²) >= 11 is 0. The predicted molar refractivity (Wildman–Crippen MR) is 325 cm³/mol. The van der Waals surface area contributed by atoms with Gasteiger partial charge in [0.1, 0.15) is 11.2 Å². The molecule has 0 aliphatic carbocycles. The lowest BCUT2D eigenvalue weighted by Gasteiger charge is -2.33. The maximum absolute atomic E-state index is 7.02. The van der Waals surface area contributed by atoms with E-state index < -0.39 is 0 Å². The molecule has 0 aliphatic heterocycles. The normalized spacial score (nSPS) is 12.3. The van der Waals surface area contributed by atoms with Crippen molar-refractivity contribution in [2.45, 2.75) is 68.2 Å². The number of aryl methyl sites for hydroxylation is 4. The van der Waals surface area contributed by atoms with E-state index in [0.717, 1.165) is 90.8 Å². The van der Waals surface area contributed by atoms with Gasteiger partial charge in [0.2, 0.25) is 0 Å². The second-order valence-corrected chi connectivity index (χ2v) is 22.5. The van der Waals surface area contributed by atoms with E-state index in [0.29, 0.717) is 11.8 Å². The fourth-order valence-electron chi connectivity index (χ4n) is 12.9. The van der Waals surface area contributed by atoms with Crippen LogP contribution in [0.3, 0.4) is 0 Å². The second-order valence-electron chi connectivity index (χ2n) is 22.5. The third-order valence-electron chi connectivity index (χ3n) is 16.2. The first-order valence-electron chi connectivity index (χ1n) is 27.2. The Morgan fingerprint density at radius 2 is 0.737 bits per heavy atom. The Morgan fingerprint density at radius 3 is 1.17 bits per heavy atom. The van der Waals surface area contributed by atoms with Crippen LogP contribution >= 0.6 is 0 Å². The van der Waals surface area contributed by atoms with Gasteiger partial charge >= 0.3 is 0 Å². The number of para-hydroxylation sites is 4. The number of benzene rings is 12. The van der Waals surface area contributed by atoms with Crippen LogP contribution in [0.25, 0.3) is 97.7 Å². The summed E-state index contributed by atoms with van der Waals surface area (Å²) < 4.78 is 14.0. The smallest absolute Gasteiger partial charge is 0.159 e. The molecule has 2 heterocycles. The zero-order valence-electron chi connectivity index (χ0n) is 44.6. The zero-order valence-corrected chi connectivity index (χ0v) is 44.6. The number of hydrogen-bond donors (Lipinski definition) is 0. The van der Waals surface area contributed by atoms with Crippen molar-refractivity contribution < 1.29 is 8.83 Å². The quantitative estimate of drug-likeness (QED) is 0.128. The molecule has 0 saturated heterocycles. The molecule has 2 aromatic heterocycles. The summed E-state index contributed by atoms with van der Waals surface area (Å²) in [5.41, 5.74) is 17.7. The van der Waals surface area contributed by atoms with Gasteiger partial charge in [0.25, 0.3) is 0 Å². The molecule has 0 saturated carbocycles. The lowest BCUT2D eigenvalue weighted by molar-refractivity contribution is 0.650. The monoisotopic (exact) mass is 984 g/mol. The van der Waals surface area contributed by atoms with Gasteiger partial charge in [0, 0.05) is 43.1 Å². The van der Waals surface area contributed by atoms with Gasteiger partial charge in [-0.15, -0.1) is 0 Å². The van der Waals surface area contributed by atoms with E-state index in [-0.39, 0.29) is 0 Å². The van der Waals surface area contributed by atoms with Crippen LogP contribution in [0.5, 0.6) is 0 Å². The van der Waals surface area contributed by atoms with Crippen LogP contribution in [0.15, 0.2) is 191 Å². The van der Waals surface area contributed by atoms with Crippen LogP contribution in [0.2, 0.25) is 0 Å². The first kappa shape index (κ1) is 46.0. The topological polar surface area (TPSA) is 32.8 Å². The van der Waals surface area contributed by atoms with Crippen LogP contribution in [0.1, 0.15) is 61.1 Å². The zero-order chi connectivity index (χ0) is 51.7. The number of furan rings is 2. The molecule has 0 bridgehead atoms.